The van der Waals surface area contributed by atoms with Crippen LogP contribution < -0.4 is 5.32 Å². The molecule has 4 rings (SSSR count). The minimum Gasteiger partial charge on any atom is -0.307 e. The molecule has 1 amide bonds. The second kappa shape index (κ2) is 8.35. The van der Waals surface area contributed by atoms with Crippen LogP contribution in [0.5, 0.6) is 0 Å². The summed E-state index contributed by atoms with van der Waals surface area (Å²) < 4.78 is 1.74. The first-order valence-corrected chi connectivity index (χ1v) is 9.27. The molecule has 0 saturated carbocycles. The Morgan fingerprint density at radius 2 is 1.31 bits per heavy atom. The van der Waals surface area contributed by atoms with Crippen LogP contribution in [0.25, 0.3) is 0 Å². The lowest BCUT2D eigenvalue weighted by molar-refractivity contribution is 0.101. The zero-order valence-corrected chi connectivity index (χ0v) is 15.7. The fourth-order valence-corrected chi connectivity index (χ4v) is 3.04. The molecule has 1 heterocycles. The average molecular weight is 381 g/mol. The van der Waals surface area contributed by atoms with Crippen molar-refractivity contribution in [1.29, 1.82) is 0 Å². The molecule has 142 valence electrons. The molecule has 29 heavy (non-hydrogen) atoms. The highest BCUT2D eigenvalue weighted by atomic mass is 16.1. The minimum absolute atomic E-state index is 0.0708. The number of benzene rings is 3. The van der Waals surface area contributed by atoms with Crippen LogP contribution in [-0.4, -0.2) is 21.5 Å². The van der Waals surface area contributed by atoms with Gasteiger partial charge in [0.15, 0.2) is 5.78 Å². The van der Waals surface area contributed by atoms with Crippen LogP contribution in [-0.2, 0) is 6.54 Å². The summed E-state index contributed by atoms with van der Waals surface area (Å²) in [7, 11) is 0. The van der Waals surface area contributed by atoms with Gasteiger partial charge in [-0.1, -0.05) is 72.8 Å². The van der Waals surface area contributed by atoms with Crippen LogP contribution in [0.4, 0.5) is 5.82 Å². The Hall–Kier alpha value is -3.99. The molecule has 3 aromatic carbocycles. The number of carbonyl (C=O) groups is 2. The molecule has 0 radical (unpaired) electrons. The third-order valence-corrected chi connectivity index (χ3v) is 4.58. The molecule has 0 aliphatic rings. The van der Waals surface area contributed by atoms with Gasteiger partial charge in [-0.2, -0.15) is 5.10 Å². The van der Waals surface area contributed by atoms with Gasteiger partial charge in [-0.3, -0.25) is 9.59 Å². The summed E-state index contributed by atoms with van der Waals surface area (Å²) in [6, 6.07) is 27.4. The summed E-state index contributed by atoms with van der Waals surface area (Å²) in [4.78, 5) is 25.1. The normalized spacial score (nSPS) is 10.5. The van der Waals surface area contributed by atoms with Crippen LogP contribution in [0.2, 0.25) is 0 Å². The summed E-state index contributed by atoms with van der Waals surface area (Å²) in [6.07, 6.45) is 1.65. The number of nitrogens with one attached hydrogen (secondary N) is 1. The number of carbonyl (C=O) groups excluding carboxylic acids is 2. The van der Waals surface area contributed by atoms with E-state index in [1.807, 2.05) is 48.5 Å². The molecule has 0 saturated heterocycles. The Kier molecular flexibility index (Phi) is 5.29. The highest BCUT2D eigenvalue weighted by molar-refractivity contribution is 6.10. The zero-order valence-electron chi connectivity index (χ0n) is 15.7. The summed E-state index contributed by atoms with van der Waals surface area (Å²) in [5.74, 6) is 0.292. The van der Waals surface area contributed by atoms with E-state index in [9.17, 15) is 9.59 Å². The third-order valence-electron chi connectivity index (χ3n) is 4.58. The number of anilines is 1. The molecular formula is C24H19N3O2. The highest BCUT2D eigenvalue weighted by Gasteiger charge is 2.12. The van der Waals surface area contributed by atoms with Crippen LogP contribution in [0, 0.1) is 0 Å². The zero-order chi connectivity index (χ0) is 20.1. The van der Waals surface area contributed by atoms with E-state index in [2.05, 4.69) is 10.4 Å². The lowest BCUT2D eigenvalue weighted by Crippen LogP contribution is -2.16. The number of rotatable bonds is 6. The first kappa shape index (κ1) is 18.4. The standard InChI is InChI=1S/C24H19N3O2/c28-23(19-9-5-2-6-10-19)20-11-13-21(14-12-20)24(29)26-22-15-16-25-27(22)17-18-7-3-1-4-8-18/h1-16H,17H2,(H,26,29). The fraction of sp³-hybridized carbons (Fsp3) is 0.0417. The summed E-state index contributed by atoms with van der Waals surface area (Å²) in [6.45, 7) is 0.563. The quantitative estimate of drug-likeness (QED) is 0.503. The first-order chi connectivity index (χ1) is 14.2. The number of ketones is 1. The second-order valence-electron chi connectivity index (χ2n) is 6.59. The monoisotopic (exact) mass is 381 g/mol. The van der Waals surface area contributed by atoms with Crippen LogP contribution in [0.15, 0.2) is 97.2 Å². The Bertz CT molecular complexity index is 1120. The van der Waals surface area contributed by atoms with Gasteiger partial charge in [0.05, 0.1) is 12.7 Å². The van der Waals surface area contributed by atoms with Crippen molar-refractivity contribution in [2.75, 3.05) is 5.32 Å². The van der Waals surface area contributed by atoms with Crippen LogP contribution in [0.3, 0.4) is 0 Å². The summed E-state index contributed by atoms with van der Waals surface area (Å²) in [5.41, 5.74) is 2.73. The van der Waals surface area contributed by atoms with Gasteiger partial charge in [0, 0.05) is 22.8 Å². The fourth-order valence-electron chi connectivity index (χ4n) is 3.04. The second-order valence-corrected chi connectivity index (χ2v) is 6.59. The largest absolute Gasteiger partial charge is 0.307 e. The number of aromatic nitrogens is 2. The van der Waals surface area contributed by atoms with Gasteiger partial charge in [0.2, 0.25) is 0 Å². The number of hydrogen-bond donors (Lipinski definition) is 1. The van der Waals surface area contributed by atoms with Gasteiger partial charge in [-0.15, -0.1) is 0 Å². The van der Waals surface area contributed by atoms with E-state index in [0.717, 1.165) is 5.56 Å². The van der Waals surface area contributed by atoms with Gasteiger partial charge in [0.1, 0.15) is 5.82 Å². The predicted molar refractivity (Wildman–Crippen MR) is 112 cm³/mol. The molecule has 5 heteroatoms. The third kappa shape index (κ3) is 4.30. The van der Waals surface area contributed by atoms with Gasteiger partial charge in [0.25, 0.3) is 5.91 Å². The van der Waals surface area contributed by atoms with E-state index in [0.29, 0.717) is 29.1 Å². The van der Waals surface area contributed by atoms with E-state index in [1.54, 1.807) is 53.3 Å². The van der Waals surface area contributed by atoms with Crippen molar-refractivity contribution < 1.29 is 9.59 Å². The molecule has 0 atom stereocenters. The van der Waals surface area contributed by atoms with E-state index in [-0.39, 0.29) is 11.7 Å². The highest BCUT2D eigenvalue weighted by Crippen LogP contribution is 2.14. The molecule has 0 aliphatic carbocycles. The van der Waals surface area contributed by atoms with E-state index in [4.69, 9.17) is 0 Å². The molecule has 0 unspecified atom stereocenters. The average Bonchev–Trinajstić information content (AvgIpc) is 3.21. The predicted octanol–water partition coefficient (Wildman–Crippen LogP) is 4.41. The minimum atomic E-state index is -0.251. The smallest absolute Gasteiger partial charge is 0.256 e. The van der Waals surface area contributed by atoms with Gasteiger partial charge in [-0.05, 0) is 17.7 Å². The molecule has 1 aromatic heterocycles. The molecule has 4 aromatic rings. The molecular weight excluding hydrogens is 362 g/mol. The Morgan fingerprint density at radius 1 is 0.724 bits per heavy atom. The molecule has 1 N–H and O–H groups in total. The maximum absolute atomic E-state index is 12.6. The SMILES string of the molecule is O=C(Nc1ccnn1Cc1ccccc1)c1ccc(C(=O)c2ccccc2)cc1. The maximum atomic E-state index is 12.6. The Labute approximate surface area is 168 Å². The van der Waals surface area contributed by atoms with Gasteiger partial charge >= 0.3 is 0 Å². The lowest BCUT2D eigenvalue weighted by Gasteiger charge is -2.09. The summed E-state index contributed by atoms with van der Waals surface area (Å²) in [5, 5.41) is 7.17. The molecule has 0 aliphatic heterocycles. The van der Waals surface area contributed by atoms with Gasteiger partial charge in [-0.25, -0.2) is 4.68 Å². The first-order valence-electron chi connectivity index (χ1n) is 9.27. The summed E-state index contributed by atoms with van der Waals surface area (Å²) >= 11 is 0. The van der Waals surface area contributed by atoms with E-state index < -0.39 is 0 Å². The number of nitrogens with zero attached hydrogens (tertiary/aromatic N) is 2. The number of amides is 1. The molecule has 5 nitrogen and oxygen atoms in total. The van der Waals surface area contributed by atoms with Gasteiger partial charge < -0.3 is 5.32 Å². The van der Waals surface area contributed by atoms with E-state index in [1.165, 1.54) is 0 Å². The Balaban J connectivity index is 1.46. The lowest BCUT2D eigenvalue weighted by atomic mass is 10.0. The maximum Gasteiger partial charge on any atom is 0.256 e. The van der Waals surface area contributed by atoms with Crippen molar-refractivity contribution in [3.63, 3.8) is 0 Å². The van der Waals surface area contributed by atoms with Crippen molar-refractivity contribution in [2.24, 2.45) is 0 Å². The van der Waals surface area contributed by atoms with Crippen molar-refractivity contribution in [2.45, 2.75) is 6.54 Å². The van der Waals surface area contributed by atoms with Crippen molar-refractivity contribution >= 4 is 17.5 Å². The van der Waals surface area contributed by atoms with Crippen molar-refractivity contribution in [1.82, 2.24) is 9.78 Å². The van der Waals surface area contributed by atoms with Crippen LogP contribution in [0.1, 0.15) is 31.8 Å². The molecule has 0 bridgehead atoms. The van der Waals surface area contributed by atoms with Crippen molar-refractivity contribution in [3.05, 3.63) is 119 Å². The number of hydrogen-bond acceptors (Lipinski definition) is 3. The molecule has 0 spiro atoms. The van der Waals surface area contributed by atoms with Crippen LogP contribution >= 0.6 is 0 Å². The van der Waals surface area contributed by atoms with E-state index >= 15 is 0 Å². The Morgan fingerprint density at radius 3 is 2.00 bits per heavy atom. The topological polar surface area (TPSA) is 64.0 Å². The van der Waals surface area contributed by atoms with Crippen molar-refractivity contribution in [3.8, 4) is 0 Å². The molecule has 0 fully saturated rings.